The molecule has 0 aliphatic heterocycles. The molecule has 0 saturated heterocycles. The number of methoxy groups -OCH3 is 1. The smallest absolute Gasteiger partial charge is 0.127 e. The predicted molar refractivity (Wildman–Crippen MR) is 70.1 cm³/mol. The molecule has 1 aromatic rings. The number of nitrogens with one attached hydrogen (secondary N) is 1. The van der Waals surface area contributed by atoms with Gasteiger partial charge < -0.3 is 14.8 Å². The van der Waals surface area contributed by atoms with Crippen molar-refractivity contribution in [3.63, 3.8) is 0 Å². The quantitative estimate of drug-likeness (QED) is 0.693. The minimum Gasteiger partial charge on any atom is -0.382 e. The third-order valence-electron chi connectivity index (χ3n) is 2.56. The Labute approximate surface area is 113 Å². The zero-order valence-corrected chi connectivity index (χ0v) is 11.1. The lowest BCUT2D eigenvalue weighted by Crippen LogP contribution is -2.17. The summed E-state index contributed by atoms with van der Waals surface area (Å²) in [6.07, 6.45) is 0.850. The Morgan fingerprint density at radius 1 is 1.32 bits per heavy atom. The first-order valence-corrected chi connectivity index (χ1v) is 6.24. The Morgan fingerprint density at radius 3 is 2.89 bits per heavy atom. The molecule has 0 aromatic heterocycles. The number of hydrogen-bond donors (Lipinski definition) is 1. The molecule has 0 saturated carbocycles. The van der Waals surface area contributed by atoms with Crippen LogP contribution < -0.4 is 5.32 Å². The fraction of sp³-hybridized carbons (Fsp3) is 0.500. The van der Waals surface area contributed by atoms with Gasteiger partial charge in [-0.25, -0.2) is 4.39 Å². The molecule has 19 heavy (non-hydrogen) atoms. The third-order valence-corrected chi connectivity index (χ3v) is 2.56. The van der Waals surface area contributed by atoms with Crippen LogP contribution in [0.4, 0.5) is 4.39 Å². The molecule has 0 radical (unpaired) electrons. The summed E-state index contributed by atoms with van der Waals surface area (Å²) < 4.78 is 23.6. The molecule has 4 nitrogen and oxygen atoms in total. The molecule has 0 heterocycles. The molecular weight excluding hydrogens is 247 g/mol. The summed E-state index contributed by atoms with van der Waals surface area (Å²) in [5.41, 5.74) is 0.987. The number of ether oxygens (including phenoxy) is 2. The van der Waals surface area contributed by atoms with E-state index < -0.39 is 0 Å². The van der Waals surface area contributed by atoms with E-state index in [1.807, 2.05) is 6.07 Å². The number of benzene rings is 1. The molecule has 1 N–H and O–H groups in total. The zero-order chi connectivity index (χ0) is 13.9. The SMILES string of the molecule is COCCOCCCNCc1cc(C#N)ccc1F. The fourth-order valence-electron chi connectivity index (χ4n) is 1.55. The average Bonchev–Trinajstić information content (AvgIpc) is 2.43. The highest BCUT2D eigenvalue weighted by molar-refractivity contribution is 5.33. The molecule has 0 atom stereocenters. The van der Waals surface area contributed by atoms with E-state index >= 15 is 0 Å². The van der Waals surface area contributed by atoms with Crippen LogP contribution in [0, 0.1) is 17.1 Å². The van der Waals surface area contributed by atoms with Gasteiger partial charge in [0, 0.05) is 25.8 Å². The Kier molecular flexibility index (Phi) is 7.75. The monoisotopic (exact) mass is 266 g/mol. The fourth-order valence-corrected chi connectivity index (χ4v) is 1.55. The maximum absolute atomic E-state index is 13.4. The Morgan fingerprint density at radius 2 is 2.16 bits per heavy atom. The minimum absolute atomic E-state index is 0.289. The van der Waals surface area contributed by atoms with Gasteiger partial charge in [0.25, 0.3) is 0 Å². The van der Waals surface area contributed by atoms with E-state index in [0.29, 0.717) is 37.5 Å². The molecule has 5 heteroatoms. The van der Waals surface area contributed by atoms with Crippen molar-refractivity contribution in [3.8, 4) is 6.07 Å². The molecule has 0 bridgehead atoms. The second kappa shape index (κ2) is 9.45. The van der Waals surface area contributed by atoms with Gasteiger partial charge in [-0.2, -0.15) is 5.26 Å². The summed E-state index contributed by atoms with van der Waals surface area (Å²) in [5.74, 6) is -0.289. The first-order chi connectivity index (χ1) is 9.27. The van der Waals surface area contributed by atoms with Crippen molar-refractivity contribution >= 4 is 0 Å². The largest absolute Gasteiger partial charge is 0.382 e. The first kappa shape index (κ1) is 15.6. The highest BCUT2D eigenvalue weighted by atomic mass is 19.1. The molecule has 0 aliphatic carbocycles. The normalized spacial score (nSPS) is 10.4. The van der Waals surface area contributed by atoms with Crippen LogP contribution in [-0.4, -0.2) is 33.5 Å². The number of nitriles is 1. The van der Waals surface area contributed by atoms with Crippen molar-refractivity contribution in [2.75, 3.05) is 33.5 Å². The van der Waals surface area contributed by atoms with Crippen LogP contribution >= 0.6 is 0 Å². The highest BCUT2D eigenvalue weighted by Crippen LogP contribution is 2.09. The Bertz CT molecular complexity index is 418. The van der Waals surface area contributed by atoms with Gasteiger partial charge >= 0.3 is 0 Å². The van der Waals surface area contributed by atoms with Crippen LogP contribution in [0.25, 0.3) is 0 Å². The molecule has 104 valence electrons. The molecule has 0 amide bonds. The number of nitrogens with zero attached hydrogens (tertiary/aromatic N) is 1. The summed E-state index contributed by atoms with van der Waals surface area (Å²) >= 11 is 0. The predicted octanol–water partition coefficient (Wildman–Crippen LogP) is 1.84. The molecule has 0 spiro atoms. The van der Waals surface area contributed by atoms with Crippen LogP contribution in [0.3, 0.4) is 0 Å². The van der Waals surface area contributed by atoms with E-state index in [2.05, 4.69) is 5.32 Å². The van der Waals surface area contributed by atoms with Crippen molar-refractivity contribution in [3.05, 3.63) is 35.1 Å². The van der Waals surface area contributed by atoms with Crippen molar-refractivity contribution in [1.29, 1.82) is 5.26 Å². The molecule has 1 rings (SSSR count). The van der Waals surface area contributed by atoms with E-state index in [1.54, 1.807) is 13.2 Å². The Hall–Kier alpha value is -1.48. The number of hydrogen-bond acceptors (Lipinski definition) is 4. The summed E-state index contributed by atoms with van der Waals surface area (Å²) in [6, 6.07) is 6.36. The molecular formula is C14H19FN2O2. The van der Waals surface area contributed by atoms with Crippen molar-refractivity contribution in [1.82, 2.24) is 5.32 Å². The lowest BCUT2D eigenvalue weighted by Gasteiger charge is -2.07. The number of halogens is 1. The van der Waals surface area contributed by atoms with Gasteiger partial charge in [-0.3, -0.25) is 0 Å². The van der Waals surface area contributed by atoms with E-state index in [1.165, 1.54) is 12.1 Å². The van der Waals surface area contributed by atoms with Gasteiger partial charge in [-0.15, -0.1) is 0 Å². The van der Waals surface area contributed by atoms with E-state index in [-0.39, 0.29) is 5.82 Å². The number of rotatable bonds is 9. The Balaban J connectivity index is 2.17. The zero-order valence-electron chi connectivity index (χ0n) is 11.1. The van der Waals surface area contributed by atoms with Crippen LogP contribution in [0.15, 0.2) is 18.2 Å². The maximum atomic E-state index is 13.4. The summed E-state index contributed by atoms with van der Waals surface area (Å²) in [5, 5.41) is 11.9. The van der Waals surface area contributed by atoms with E-state index in [0.717, 1.165) is 13.0 Å². The van der Waals surface area contributed by atoms with Crippen molar-refractivity contribution < 1.29 is 13.9 Å². The van der Waals surface area contributed by atoms with Gasteiger partial charge in [0.05, 0.1) is 24.8 Å². The van der Waals surface area contributed by atoms with Gasteiger partial charge in [-0.1, -0.05) is 0 Å². The summed E-state index contributed by atoms with van der Waals surface area (Å²) in [4.78, 5) is 0. The van der Waals surface area contributed by atoms with E-state index in [4.69, 9.17) is 14.7 Å². The van der Waals surface area contributed by atoms with Crippen LogP contribution in [0.2, 0.25) is 0 Å². The maximum Gasteiger partial charge on any atom is 0.127 e. The standard InChI is InChI=1S/C14H19FN2O2/c1-18-7-8-19-6-2-5-17-11-13-9-12(10-16)3-4-14(13)15/h3-4,9,17H,2,5-8,11H2,1H3. The summed E-state index contributed by atoms with van der Waals surface area (Å²) in [6.45, 7) is 2.99. The van der Waals surface area contributed by atoms with Crippen LogP contribution in [0.5, 0.6) is 0 Å². The van der Waals surface area contributed by atoms with Gasteiger partial charge in [0.2, 0.25) is 0 Å². The lowest BCUT2D eigenvalue weighted by molar-refractivity contribution is 0.0694. The topological polar surface area (TPSA) is 54.3 Å². The second-order valence-corrected chi connectivity index (χ2v) is 4.05. The van der Waals surface area contributed by atoms with Gasteiger partial charge in [0.1, 0.15) is 5.82 Å². The first-order valence-electron chi connectivity index (χ1n) is 6.24. The van der Waals surface area contributed by atoms with Crippen molar-refractivity contribution in [2.45, 2.75) is 13.0 Å². The van der Waals surface area contributed by atoms with Crippen LogP contribution in [0.1, 0.15) is 17.5 Å². The summed E-state index contributed by atoms with van der Waals surface area (Å²) in [7, 11) is 1.63. The van der Waals surface area contributed by atoms with Crippen LogP contribution in [-0.2, 0) is 16.0 Å². The van der Waals surface area contributed by atoms with Gasteiger partial charge in [-0.05, 0) is 31.2 Å². The minimum atomic E-state index is -0.289. The van der Waals surface area contributed by atoms with Crippen molar-refractivity contribution in [2.24, 2.45) is 0 Å². The third kappa shape index (κ3) is 6.30. The molecule has 0 unspecified atom stereocenters. The second-order valence-electron chi connectivity index (χ2n) is 4.05. The molecule has 0 aliphatic rings. The van der Waals surface area contributed by atoms with Gasteiger partial charge in [0.15, 0.2) is 0 Å². The highest BCUT2D eigenvalue weighted by Gasteiger charge is 2.02. The molecule has 0 fully saturated rings. The lowest BCUT2D eigenvalue weighted by atomic mass is 10.1. The van der Waals surface area contributed by atoms with E-state index in [9.17, 15) is 4.39 Å². The average molecular weight is 266 g/mol. The molecule has 1 aromatic carbocycles.